The lowest BCUT2D eigenvalue weighted by atomic mass is 9.88. The van der Waals surface area contributed by atoms with Gasteiger partial charge in [0.05, 0.1) is 5.92 Å². The molecule has 1 aliphatic heterocycles. The van der Waals surface area contributed by atoms with E-state index in [1.807, 2.05) is 43.3 Å². The van der Waals surface area contributed by atoms with Crippen LogP contribution in [0.5, 0.6) is 0 Å². The number of pyridine rings is 1. The minimum atomic E-state index is -0.0466. The number of rotatable bonds is 3. The number of amides is 1. The molecule has 1 aromatic carbocycles. The number of likely N-dealkylation sites (N-methyl/N-ethyl adjacent to an activating group) is 1. The molecular weight excluding hydrogens is 274 g/mol. The third-order valence-electron chi connectivity index (χ3n) is 4.21. The zero-order chi connectivity index (χ0) is 15.5. The van der Waals surface area contributed by atoms with Gasteiger partial charge in [-0.25, -0.2) is 4.98 Å². The molecule has 0 saturated carbocycles. The summed E-state index contributed by atoms with van der Waals surface area (Å²) in [6, 6.07) is 16.0. The zero-order valence-corrected chi connectivity index (χ0v) is 13.0. The van der Waals surface area contributed by atoms with Crippen LogP contribution >= 0.6 is 0 Å². The van der Waals surface area contributed by atoms with Crippen LogP contribution in [-0.4, -0.2) is 35.9 Å². The number of hydrogen-bond acceptors (Lipinski definition) is 3. The Morgan fingerprint density at radius 3 is 2.64 bits per heavy atom. The molecule has 0 radical (unpaired) electrons. The molecule has 2 heterocycles. The lowest BCUT2D eigenvalue weighted by Gasteiger charge is -2.18. The standard InChI is InChI=1S/C18H21N3O/c1-13-7-6-10-17(19-13)20-18(22)16-12-21(2)11-15(16)14-8-4-3-5-9-14/h3-10,15-16H,11-12H2,1-2H3,(H,19,20,22)/t15-,16+/m1/s1. The largest absolute Gasteiger partial charge is 0.310 e. The summed E-state index contributed by atoms with van der Waals surface area (Å²) in [5.74, 6) is 0.869. The first-order valence-electron chi connectivity index (χ1n) is 7.61. The summed E-state index contributed by atoms with van der Waals surface area (Å²) in [5.41, 5.74) is 2.13. The van der Waals surface area contributed by atoms with Gasteiger partial charge in [0.2, 0.25) is 5.91 Å². The number of carbonyl (C=O) groups excluding carboxylic acids is 1. The monoisotopic (exact) mass is 295 g/mol. The lowest BCUT2D eigenvalue weighted by molar-refractivity contribution is -0.119. The maximum absolute atomic E-state index is 12.7. The van der Waals surface area contributed by atoms with Gasteiger partial charge >= 0.3 is 0 Å². The van der Waals surface area contributed by atoms with Gasteiger partial charge in [-0.15, -0.1) is 0 Å². The number of benzene rings is 1. The Balaban J connectivity index is 1.78. The summed E-state index contributed by atoms with van der Waals surface area (Å²) in [4.78, 5) is 19.2. The van der Waals surface area contributed by atoms with Gasteiger partial charge in [-0.05, 0) is 31.7 Å². The molecule has 0 aliphatic carbocycles. The van der Waals surface area contributed by atoms with Crippen molar-refractivity contribution in [3.8, 4) is 0 Å². The minimum absolute atomic E-state index is 0.0466. The van der Waals surface area contributed by atoms with Crippen molar-refractivity contribution in [2.75, 3.05) is 25.5 Å². The average Bonchev–Trinajstić information content (AvgIpc) is 2.90. The summed E-state index contributed by atoms with van der Waals surface area (Å²) < 4.78 is 0. The molecule has 1 N–H and O–H groups in total. The quantitative estimate of drug-likeness (QED) is 0.947. The molecule has 0 spiro atoms. The van der Waals surface area contributed by atoms with Gasteiger partial charge in [-0.3, -0.25) is 4.79 Å². The number of nitrogens with zero attached hydrogens (tertiary/aromatic N) is 2. The molecule has 114 valence electrons. The Hall–Kier alpha value is -2.20. The van der Waals surface area contributed by atoms with Crippen LogP contribution in [0.2, 0.25) is 0 Å². The van der Waals surface area contributed by atoms with E-state index in [1.54, 1.807) is 0 Å². The number of aromatic nitrogens is 1. The van der Waals surface area contributed by atoms with Crippen molar-refractivity contribution in [1.29, 1.82) is 0 Å². The van der Waals surface area contributed by atoms with E-state index in [2.05, 4.69) is 34.4 Å². The van der Waals surface area contributed by atoms with Crippen LogP contribution in [0.4, 0.5) is 5.82 Å². The van der Waals surface area contributed by atoms with Gasteiger partial charge in [0.15, 0.2) is 0 Å². The fourth-order valence-electron chi connectivity index (χ4n) is 3.14. The van der Waals surface area contributed by atoms with Crippen molar-refractivity contribution in [2.45, 2.75) is 12.8 Å². The average molecular weight is 295 g/mol. The van der Waals surface area contributed by atoms with E-state index in [-0.39, 0.29) is 17.7 Å². The van der Waals surface area contributed by atoms with Crippen molar-refractivity contribution in [3.05, 3.63) is 59.8 Å². The SMILES string of the molecule is Cc1cccc(NC(=O)[C@H]2CN(C)C[C@@H]2c2ccccc2)n1. The van der Waals surface area contributed by atoms with Gasteiger partial charge in [-0.1, -0.05) is 36.4 Å². The molecule has 1 aromatic heterocycles. The van der Waals surface area contributed by atoms with E-state index in [0.717, 1.165) is 18.8 Å². The van der Waals surface area contributed by atoms with Crippen LogP contribution in [0.3, 0.4) is 0 Å². The van der Waals surface area contributed by atoms with Gasteiger partial charge in [0.25, 0.3) is 0 Å². The molecular formula is C18H21N3O. The molecule has 2 atom stereocenters. The Kier molecular flexibility index (Phi) is 4.20. The molecule has 1 amide bonds. The first-order valence-corrected chi connectivity index (χ1v) is 7.61. The molecule has 4 nitrogen and oxygen atoms in total. The maximum Gasteiger partial charge on any atom is 0.230 e. The summed E-state index contributed by atoms with van der Waals surface area (Å²) in [6.45, 7) is 3.60. The Morgan fingerprint density at radius 1 is 1.14 bits per heavy atom. The highest BCUT2D eigenvalue weighted by Gasteiger charge is 2.36. The summed E-state index contributed by atoms with van der Waals surface area (Å²) in [7, 11) is 2.06. The van der Waals surface area contributed by atoms with Gasteiger partial charge in [0.1, 0.15) is 5.82 Å². The molecule has 3 rings (SSSR count). The Morgan fingerprint density at radius 2 is 1.91 bits per heavy atom. The van der Waals surface area contributed by atoms with Crippen molar-refractivity contribution in [3.63, 3.8) is 0 Å². The highest BCUT2D eigenvalue weighted by atomic mass is 16.2. The van der Waals surface area contributed by atoms with Gasteiger partial charge in [-0.2, -0.15) is 0 Å². The third kappa shape index (κ3) is 3.17. The van der Waals surface area contributed by atoms with E-state index in [1.165, 1.54) is 5.56 Å². The number of aryl methyl sites for hydroxylation is 1. The Bertz CT molecular complexity index is 656. The lowest BCUT2D eigenvalue weighted by Crippen LogP contribution is -2.28. The van der Waals surface area contributed by atoms with E-state index in [0.29, 0.717) is 5.82 Å². The van der Waals surface area contributed by atoms with Crippen LogP contribution in [0.25, 0.3) is 0 Å². The number of carbonyl (C=O) groups is 1. The van der Waals surface area contributed by atoms with Gasteiger partial charge in [0, 0.05) is 24.7 Å². The van der Waals surface area contributed by atoms with E-state index in [4.69, 9.17) is 0 Å². The van der Waals surface area contributed by atoms with Crippen molar-refractivity contribution < 1.29 is 4.79 Å². The van der Waals surface area contributed by atoms with Crippen molar-refractivity contribution in [1.82, 2.24) is 9.88 Å². The van der Waals surface area contributed by atoms with Crippen LogP contribution in [0, 0.1) is 12.8 Å². The number of nitrogens with one attached hydrogen (secondary N) is 1. The first-order chi connectivity index (χ1) is 10.6. The maximum atomic E-state index is 12.7. The normalized spacial score (nSPS) is 21.7. The summed E-state index contributed by atoms with van der Waals surface area (Å²) >= 11 is 0. The molecule has 0 unspecified atom stereocenters. The van der Waals surface area contributed by atoms with Gasteiger partial charge < -0.3 is 10.2 Å². The smallest absolute Gasteiger partial charge is 0.230 e. The zero-order valence-electron chi connectivity index (χ0n) is 13.0. The fourth-order valence-corrected chi connectivity index (χ4v) is 3.14. The predicted octanol–water partition coefficient (Wildman–Crippen LogP) is 2.67. The van der Waals surface area contributed by atoms with E-state index >= 15 is 0 Å². The molecule has 0 bridgehead atoms. The fraction of sp³-hybridized carbons (Fsp3) is 0.333. The van der Waals surface area contributed by atoms with Crippen LogP contribution in [0.15, 0.2) is 48.5 Å². The highest BCUT2D eigenvalue weighted by Crippen LogP contribution is 2.32. The van der Waals surface area contributed by atoms with Crippen LogP contribution in [-0.2, 0) is 4.79 Å². The molecule has 1 fully saturated rings. The number of hydrogen-bond donors (Lipinski definition) is 1. The van der Waals surface area contributed by atoms with Crippen LogP contribution < -0.4 is 5.32 Å². The molecule has 4 heteroatoms. The van der Waals surface area contributed by atoms with Crippen molar-refractivity contribution in [2.24, 2.45) is 5.92 Å². The Labute approximate surface area is 131 Å². The molecule has 2 aromatic rings. The number of anilines is 1. The molecule has 1 aliphatic rings. The number of likely N-dealkylation sites (tertiary alicyclic amines) is 1. The van der Waals surface area contributed by atoms with E-state index in [9.17, 15) is 4.79 Å². The second-order valence-electron chi connectivity index (χ2n) is 6.00. The summed E-state index contributed by atoms with van der Waals surface area (Å²) in [6.07, 6.45) is 0. The molecule has 22 heavy (non-hydrogen) atoms. The predicted molar refractivity (Wildman–Crippen MR) is 87.8 cm³/mol. The minimum Gasteiger partial charge on any atom is -0.310 e. The second-order valence-corrected chi connectivity index (χ2v) is 6.00. The highest BCUT2D eigenvalue weighted by molar-refractivity contribution is 5.92. The second kappa shape index (κ2) is 6.28. The van der Waals surface area contributed by atoms with E-state index < -0.39 is 0 Å². The third-order valence-corrected chi connectivity index (χ3v) is 4.21. The molecule has 1 saturated heterocycles. The topological polar surface area (TPSA) is 45.2 Å². The first kappa shape index (κ1) is 14.7. The van der Waals surface area contributed by atoms with Crippen molar-refractivity contribution >= 4 is 11.7 Å². The van der Waals surface area contributed by atoms with Crippen LogP contribution in [0.1, 0.15) is 17.2 Å². The summed E-state index contributed by atoms with van der Waals surface area (Å²) in [5, 5.41) is 2.97.